The Balaban J connectivity index is 1.70. The fourth-order valence-electron chi connectivity index (χ4n) is 3.87. The van der Waals surface area contributed by atoms with Gasteiger partial charge in [-0.25, -0.2) is 4.79 Å². The van der Waals surface area contributed by atoms with Crippen molar-refractivity contribution in [2.24, 2.45) is 5.10 Å². The maximum atomic E-state index is 12.7. The van der Waals surface area contributed by atoms with E-state index in [4.69, 9.17) is 14.7 Å². The predicted octanol–water partition coefficient (Wildman–Crippen LogP) is 4.81. The molecule has 0 saturated carbocycles. The fourth-order valence-corrected chi connectivity index (χ4v) is 3.87. The number of ether oxygens (including phenoxy) is 2. The molecule has 1 heterocycles. The van der Waals surface area contributed by atoms with Gasteiger partial charge in [0, 0.05) is 5.56 Å². The molecule has 0 radical (unpaired) electrons. The second-order valence-corrected chi connectivity index (χ2v) is 7.62. The Hall–Kier alpha value is -4.43. The molecular formula is C27H26N4O4. The molecule has 0 aliphatic rings. The number of carbonyl (C=O) groups is 1. The first-order valence-corrected chi connectivity index (χ1v) is 11.2. The summed E-state index contributed by atoms with van der Waals surface area (Å²) in [5.41, 5.74) is 7.38. The number of rotatable bonds is 10. The predicted molar refractivity (Wildman–Crippen MR) is 135 cm³/mol. The topological polar surface area (TPSA) is 98.0 Å². The normalized spacial score (nSPS) is 11.0. The molecular weight excluding hydrogens is 444 g/mol. The van der Waals surface area contributed by atoms with E-state index in [9.17, 15) is 4.79 Å². The van der Waals surface area contributed by atoms with Gasteiger partial charge >= 0.3 is 5.97 Å². The number of hydrogen-bond donors (Lipinski definition) is 2. The Morgan fingerprint density at radius 3 is 2.69 bits per heavy atom. The van der Waals surface area contributed by atoms with Crippen LogP contribution >= 0.6 is 0 Å². The summed E-state index contributed by atoms with van der Waals surface area (Å²) in [4.78, 5) is 17.3. The Labute approximate surface area is 203 Å². The van der Waals surface area contributed by atoms with E-state index in [1.807, 2.05) is 66.1 Å². The van der Waals surface area contributed by atoms with Gasteiger partial charge in [-0.1, -0.05) is 67.3 Å². The third kappa shape index (κ3) is 5.23. The largest absolute Gasteiger partial charge is 0.465 e. The molecule has 0 atom stereocenters. The first kappa shape index (κ1) is 23.7. The van der Waals surface area contributed by atoms with Crippen molar-refractivity contribution >= 4 is 23.2 Å². The highest BCUT2D eigenvalue weighted by molar-refractivity contribution is 6.02. The van der Waals surface area contributed by atoms with Gasteiger partial charge in [-0.2, -0.15) is 15.7 Å². The van der Waals surface area contributed by atoms with E-state index in [0.717, 1.165) is 22.3 Å². The third-order valence-corrected chi connectivity index (χ3v) is 5.39. The Kier molecular flexibility index (Phi) is 7.54. The van der Waals surface area contributed by atoms with Crippen molar-refractivity contribution < 1.29 is 19.5 Å². The van der Waals surface area contributed by atoms with Crippen molar-refractivity contribution in [3.63, 3.8) is 0 Å². The third-order valence-electron chi connectivity index (χ3n) is 5.39. The molecule has 0 aliphatic carbocycles. The molecule has 3 aromatic carbocycles. The van der Waals surface area contributed by atoms with E-state index in [1.54, 1.807) is 23.9 Å². The van der Waals surface area contributed by atoms with Crippen molar-refractivity contribution in [3.8, 4) is 17.1 Å². The summed E-state index contributed by atoms with van der Waals surface area (Å²) in [6, 6.07) is 21.7. The lowest BCUT2D eigenvalue weighted by Crippen LogP contribution is -2.10. The number of aromatic nitrogens is 2. The van der Waals surface area contributed by atoms with Crippen LogP contribution in [0.2, 0.25) is 0 Å². The monoisotopic (exact) mass is 470 g/mol. The summed E-state index contributed by atoms with van der Waals surface area (Å²) in [5, 5.41) is 12.5. The van der Waals surface area contributed by atoms with Gasteiger partial charge in [0.25, 0.3) is 6.01 Å². The fraction of sp³-hybridized carbons (Fsp3) is 0.148. The van der Waals surface area contributed by atoms with Gasteiger partial charge < -0.3 is 9.47 Å². The van der Waals surface area contributed by atoms with Crippen LogP contribution in [0.1, 0.15) is 28.4 Å². The Bertz CT molecular complexity index is 1360. The van der Waals surface area contributed by atoms with Crippen molar-refractivity contribution in [2.45, 2.75) is 13.5 Å². The SMILES string of the molecule is C=CCOC(=O)c1cccc2nc(OCC)n(Cc3ccc(-c4ccccc4C=NNO)cc3)c12. The summed E-state index contributed by atoms with van der Waals surface area (Å²) in [6.45, 7) is 6.52. The van der Waals surface area contributed by atoms with Crippen LogP contribution in [0.3, 0.4) is 0 Å². The molecule has 0 saturated heterocycles. The minimum absolute atomic E-state index is 0.129. The van der Waals surface area contributed by atoms with Gasteiger partial charge in [0.15, 0.2) is 0 Å². The van der Waals surface area contributed by atoms with Crippen molar-refractivity contribution in [1.29, 1.82) is 0 Å². The van der Waals surface area contributed by atoms with Crippen LogP contribution in [0, 0.1) is 0 Å². The standard InChI is InChI=1S/C27H26N4O4/c1-3-16-35-26(32)23-10-7-11-24-25(23)31(27(29-24)34-4-2)18-19-12-14-20(15-13-19)22-9-6-5-8-21(22)17-28-30-33/h3,5-15,17,30,33H,1,4,16,18H2,2H3. The van der Waals surface area contributed by atoms with E-state index >= 15 is 0 Å². The van der Waals surface area contributed by atoms with Crippen LogP contribution in [0.5, 0.6) is 6.01 Å². The zero-order valence-corrected chi connectivity index (χ0v) is 19.3. The van der Waals surface area contributed by atoms with Gasteiger partial charge in [0.2, 0.25) is 0 Å². The Morgan fingerprint density at radius 2 is 1.94 bits per heavy atom. The minimum atomic E-state index is -0.439. The maximum Gasteiger partial charge on any atom is 0.340 e. The molecule has 0 bridgehead atoms. The molecule has 178 valence electrons. The molecule has 0 fully saturated rings. The van der Waals surface area contributed by atoms with Crippen LogP contribution in [0.4, 0.5) is 0 Å². The number of nitrogens with zero attached hydrogens (tertiary/aromatic N) is 3. The summed E-state index contributed by atoms with van der Waals surface area (Å²) >= 11 is 0. The highest BCUT2D eigenvalue weighted by Gasteiger charge is 2.20. The molecule has 1 aromatic heterocycles. The summed E-state index contributed by atoms with van der Waals surface area (Å²) < 4.78 is 13.0. The van der Waals surface area contributed by atoms with Crippen LogP contribution in [0.15, 0.2) is 84.5 Å². The van der Waals surface area contributed by atoms with Crippen LogP contribution < -0.4 is 10.3 Å². The van der Waals surface area contributed by atoms with Gasteiger partial charge in [-0.3, -0.25) is 9.77 Å². The summed E-state index contributed by atoms with van der Waals surface area (Å²) in [7, 11) is 0. The number of para-hydroxylation sites is 1. The van der Waals surface area contributed by atoms with Gasteiger partial charge in [0.1, 0.15) is 6.61 Å². The highest BCUT2D eigenvalue weighted by atomic mass is 16.5. The lowest BCUT2D eigenvalue weighted by molar-refractivity contribution is 0.0551. The zero-order chi connectivity index (χ0) is 24.6. The quantitative estimate of drug-likeness (QED) is 0.149. The van der Waals surface area contributed by atoms with Gasteiger partial charge in [-0.15, -0.1) is 0 Å². The van der Waals surface area contributed by atoms with Crippen molar-refractivity contribution in [1.82, 2.24) is 15.1 Å². The molecule has 0 unspecified atom stereocenters. The molecule has 0 aliphatic heterocycles. The maximum absolute atomic E-state index is 12.7. The number of hydrazone groups is 1. The van der Waals surface area contributed by atoms with Gasteiger partial charge in [-0.05, 0) is 35.7 Å². The van der Waals surface area contributed by atoms with Crippen molar-refractivity contribution in [3.05, 3.63) is 96.1 Å². The first-order chi connectivity index (χ1) is 17.2. The second kappa shape index (κ2) is 11.1. The van der Waals surface area contributed by atoms with Gasteiger partial charge in [0.05, 0.1) is 36.0 Å². The van der Waals surface area contributed by atoms with E-state index in [2.05, 4.69) is 16.7 Å². The number of esters is 1. The van der Waals surface area contributed by atoms with E-state index < -0.39 is 5.97 Å². The van der Waals surface area contributed by atoms with E-state index in [0.29, 0.717) is 35.8 Å². The summed E-state index contributed by atoms with van der Waals surface area (Å²) in [6.07, 6.45) is 3.09. The number of nitrogens with one attached hydrogen (secondary N) is 1. The van der Waals surface area contributed by atoms with E-state index in [1.165, 1.54) is 6.08 Å². The van der Waals surface area contributed by atoms with Crippen LogP contribution in [-0.2, 0) is 11.3 Å². The van der Waals surface area contributed by atoms with Crippen LogP contribution in [-0.4, -0.2) is 40.2 Å². The molecule has 8 heteroatoms. The highest BCUT2D eigenvalue weighted by Crippen LogP contribution is 2.28. The molecule has 35 heavy (non-hydrogen) atoms. The smallest absolute Gasteiger partial charge is 0.340 e. The molecule has 4 rings (SSSR count). The molecule has 0 spiro atoms. The minimum Gasteiger partial charge on any atom is -0.465 e. The lowest BCUT2D eigenvalue weighted by Gasteiger charge is -2.12. The van der Waals surface area contributed by atoms with Crippen LogP contribution in [0.25, 0.3) is 22.2 Å². The first-order valence-electron chi connectivity index (χ1n) is 11.2. The van der Waals surface area contributed by atoms with Crippen molar-refractivity contribution in [2.75, 3.05) is 13.2 Å². The second-order valence-electron chi connectivity index (χ2n) is 7.62. The number of carbonyl (C=O) groups excluding carboxylic acids is 1. The summed E-state index contributed by atoms with van der Waals surface area (Å²) in [5.74, 6) is -0.439. The average molecular weight is 471 g/mol. The molecule has 4 aromatic rings. The number of imidazole rings is 1. The van der Waals surface area contributed by atoms with E-state index in [-0.39, 0.29) is 6.61 Å². The number of benzene rings is 3. The molecule has 0 amide bonds. The zero-order valence-electron chi connectivity index (χ0n) is 19.3. The average Bonchev–Trinajstić information content (AvgIpc) is 3.23. The molecule has 2 N–H and O–H groups in total. The lowest BCUT2D eigenvalue weighted by atomic mass is 9.99. The Morgan fingerprint density at radius 1 is 1.14 bits per heavy atom. The molecule has 8 nitrogen and oxygen atoms in total. The number of fused-ring (bicyclic) bond motifs is 1. The number of hydrogen-bond acceptors (Lipinski definition) is 7.